The smallest absolute Gasteiger partial charge is 0.304 e. The lowest BCUT2D eigenvalue weighted by Gasteiger charge is -2.19. The Hall–Kier alpha value is -1.84. The van der Waals surface area contributed by atoms with Crippen LogP contribution in [0.3, 0.4) is 0 Å². The fraction of sp³-hybridized carbons (Fsp3) is 0.333. The molecule has 0 aliphatic heterocycles. The fourth-order valence-electron chi connectivity index (χ4n) is 1.42. The molecule has 86 valence electrons. The van der Waals surface area contributed by atoms with Crippen LogP contribution >= 0.6 is 0 Å². The summed E-state index contributed by atoms with van der Waals surface area (Å²) in [6.45, 7) is 7.12. The standard InChI is InChI=1S/C12H15NO3/c1-4-5-6-12(3,7-10(14)15)11-13-9(2)8-16-11/h4-6,8H,1,7H2,2-3H3,(H,14,15)/b6-5-. The highest BCUT2D eigenvalue weighted by Gasteiger charge is 2.31. The average Bonchev–Trinajstić information content (AvgIpc) is 2.61. The van der Waals surface area contributed by atoms with Crippen molar-refractivity contribution in [2.24, 2.45) is 0 Å². The minimum Gasteiger partial charge on any atom is -0.481 e. The number of allylic oxidation sites excluding steroid dienone is 3. The topological polar surface area (TPSA) is 63.3 Å². The van der Waals surface area contributed by atoms with Gasteiger partial charge in [-0.15, -0.1) is 0 Å². The number of hydrogen-bond donors (Lipinski definition) is 1. The summed E-state index contributed by atoms with van der Waals surface area (Å²) < 4.78 is 5.27. The molecule has 1 unspecified atom stereocenters. The minimum atomic E-state index is -0.896. The molecule has 1 N–H and O–H groups in total. The number of aromatic nitrogens is 1. The summed E-state index contributed by atoms with van der Waals surface area (Å²) in [5.41, 5.74) is -0.00695. The second-order valence-corrected chi connectivity index (χ2v) is 3.88. The summed E-state index contributed by atoms with van der Waals surface area (Å²) >= 11 is 0. The summed E-state index contributed by atoms with van der Waals surface area (Å²) in [6, 6.07) is 0. The van der Waals surface area contributed by atoms with Crippen LogP contribution in [0.25, 0.3) is 0 Å². The Bertz CT molecular complexity index is 420. The van der Waals surface area contributed by atoms with E-state index in [1.54, 1.807) is 32.1 Å². The summed E-state index contributed by atoms with van der Waals surface area (Å²) in [7, 11) is 0. The molecule has 0 bridgehead atoms. The van der Waals surface area contributed by atoms with Crippen LogP contribution in [0.1, 0.15) is 24.9 Å². The van der Waals surface area contributed by atoms with Crippen molar-refractivity contribution in [2.75, 3.05) is 0 Å². The van der Waals surface area contributed by atoms with E-state index in [-0.39, 0.29) is 6.42 Å². The van der Waals surface area contributed by atoms with E-state index in [1.165, 1.54) is 6.26 Å². The minimum absolute atomic E-state index is 0.0721. The first-order valence-electron chi connectivity index (χ1n) is 4.92. The number of oxazole rings is 1. The van der Waals surface area contributed by atoms with Crippen LogP contribution in [0.15, 0.2) is 35.5 Å². The van der Waals surface area contributed by atoms with Crippen LogP contribution in [0.5, 0.6) is 0 Å². The Morgan fingerprint density at radius 3 is 2.88 bits per heavy atom. The molecule has 0 aliphatic rings. The van der Waals surface area contributed by atoms with Gasteiger partial charge in [0.1, 0.15) is 6.26 Å². The zero-order valence-corrected chi connectivity index (χ0v) is 9.43. The molecule has 0 fully saturated rings. The first kappa shape index (κ1) is 12.2. The van der Waals surface area contributed by atoms with Gasteiger partial charge in [0.25, 0.3) is 0 Å². The highest BCUT2D eigenvalue weighted by Crippen LogP contribution is 2.28. The lowest BCUT2D eigenvalue weighted by atomic mass is 9.86. The quantitative estimate of drug-likeness (QED) is 0.776. The number of aliphatic carboxylic acids is 1. The van der Waals surface area contributed by atoms with Crippen molar-refractivity contribution in [3.8, 4) is 0 Å². The van der Waals surface area contributed by atoms with Gasteiger partial charge in [0, 0.05) is 0 Å². The van der Waals surface area contributed by atoms with Gasteiger partial charge >= 0.3 is 5.97 Å². The number of aryl methyl sites for hydroxylation is 1. The van der Waals surface area contributed by atoms with Crippen LogP contribution in [0, 0.1) is 6.92 Å². The molecular formula is C12H15NO3. The lowest BCUT2D eigenvalue weighted by molar-refractivity contribution is -0.138. The number of carboxylic acid groups (broad SMARTS) is 1. The van der Waals surface area contributed by atoms with Crippen molar-refractivity contribution in [1.82, 2.24) is 4.98 Å². The second kappa shape index (κ2) is 4.79. The van der Waals surface area contributed by atoms with Gasteiger partial charge in [-0.1, -0.05) is 24.8 Å². The Morgan fingerprint density at radius 2 is 2.44 bits per heavy atom. The third kappa shape index (κ3) is 2.82. The van der Waals surface area contributed by atoms with Crippen LogP contribution in [0.4, 0.5) is 0 Å². The van der Waals surface area contributed by atoms with Crippen LogP contribution in [0.2, 0.25) is 0 Å². The molecule has 1 rings (SSSR count). The highest BCUT2D eigenvalue weighted by molar-refractivity contribution is 5.69. The summed E-state index contributed by atoms with van der Waals surface area (Å²) in [6.07, 6.45) is 6.46. The number of rotatable bonds is 5. The van der Waals surface area contributed by atoms with E-state index in [0.717, 1.165) is 5.69 Å². The van der Waals surface area contributed by atoms with Crippen LogP contribution in [-0.4, -0.2) is 16.1 Å². The molecule has 4 nitrogen and oxygen atoms in total. The largest absolute Gasteiger partial charge is 0.481 e. The van der Waals surface area contributed by atoms with E-state index in [0.29, 0.717) is 5.89 Å². The second-order valence-electron chi connectivity index (χ2n) is 3.88. The normalized spacial score (nSPS) is 14.9. The van der Waals surface area contributed by atoms with Gasteiger partial charge in [0.2, 0.25) is 5.89 Å². The Morgan fingerprint density at radius 1 is 1.75 bits per heavy atom. The van der Waals surface area contributed by atoms with Gasteiger partial charge < -0.3 is 9.52 Å². The third-order valence-electron chi connectivity index (χ3n) is 2.23. The molecule has 4 heteroatoms. The molecule has 1 atom stereocenters. The molecule has 0 amide bonds. The lowest BCUT2D eigenvalue weighted by Crippen LogP contribution is -2.23. The summed E-state index contributed by atoms with van der Waals surface area (Å²) in [4.78, 5) is 15.0. The first-order valence-corrected chi connectivity index (χ1v) is 4.92. The SMILES string of the molecule is C=C/C=C\C(C)(CC(=O)O)c1nc(C)co1. The van der Waals surface area contributed by atoms with E-state index >= 15 is 0 Å². The van der Waals surface area contributed by atoms with E-state index in [4.69, 9.17) is 9.52 Å². The monoisotopic (exact) mass is 221 g/mol. The molecule has 0 aromatic carbocycles. The van der Waals surface area contributed by atoms with E-state index in [1.807, 2.05) is 0 Å². The molecule has 16 heavy (non-hydrogen) atoms. The molecule has 1 aromatic heterocycles. The molecular weight excluding hydrogens is 206 g/mol. The molecule has 0 saturated carbocycles. The average molecular weight is 221 g/mol. The molecule has 0 saturated heterocycles. The number of carbonyl (C=O) groups is 1. The maximum atomic E-state index is 10.8. The summed E-state index contributed by atoms with van der Waals surface area (Å²) in [5, 5.41) is 8.89. The van der Waals surface area contributed by atoms with Crippen LogP contribution < -0.4 is 0 Å². The number of hydrogen-bond acceptors (Lipinski definition) is 3. The predicted molar refractivity (Wildman–Crippen MR) is 60.2 cm³/mol. The van der Waals surface area contributed by atoms with Crippen molar-refractivity contribution in [2.45, 2.75) is 25.7 Å². The molecule has 1 heterocycles. The maximum Gasteiger partial charge on any atom is 0.304 e. The van der Waals surface area contributed by atoms with E-state index < -0.39 is 11.4 Å². The Labute approximate surface area is 94.3 Å². The Kier molecular flexibility index (Phi) is 3.66. The van der Waals surface area contributed by atoms with Gasteiger partial charge in [-0.05, 0) is 13.8 Å². The van der Waals surface area contributed by atoms with Gasteiger partial charge in [-0.25, -0.2) is 4.98 Å². The molecule has 0 radical (unpaired) electrons. The predicted octanol–water partition coefficient (Wildman–Crippen LogP) is 2.46. The highest BCUT2D eigenvalue weighted by atomic mass is 16.4. The van der Waals surface area contributed by atoms with Gasteiger partial charge in [0.05, 0.1) is 17.5 Å². The maximum absolute atomic E-state index is 10.8. The van der Waals surface area contributed by atoms with Crippen molar-refractivity contribution >= 4 is 5.97 Å². The van der Waals surface area contributed by atoms with Gasteiger partial charge in [-0.3, -0.25) is 4.79 Å². The van der Waals surface area contributed by atoms with E-state index in [9.17, 15) is 4.79 Å². The number of carboxylic acids is 1. The van der Waals surface area contributed by atoms with Crippen molar-refractivity contribution < 1.29 is 14.3 Å². The zero-order chi connectivity index (χ0) is 12.2. The Balaban J connectivity index is 3.07. The number of nitrogens with zero attached hydrogens (tertiary/aromatic N) is 1. The zero-order valence-electron chi connectivity index (χ0n) is 9.43. The van der Waals surface area contributed by atoms with Gasteiger partial charge in [0.15, 0.2) is 0 Å². The van der Waals surface area contributed by atoms with E-state index in [2.05, 4.69) is 11.6 Å². The van der Waals surface area contributed by atoms with Crippen molar-refractivity contribution in [1.29, 1.82) is 0 Å². The molecule has 0 spiro atoms. The van der Waals surface area contributed by atoms with Crippen LogP contribution in [-0.2, 0) is 10.2 Å². The van der Waals surface area contributed by atoms with Gasteiger partial charge in [-0.2, -0.15) is 0 Å². The first-order chi connectivity index (χ1) is 7.48. The molecule has 0 aliphatic carbocycles. The fourth-order valence-corrected chi connectivity index (χ4v) is 1.42. The van der Waals surface area contributed by atoms with Crippen molar-refractivity contribution in [3.05, 3.63) is 42.7 Å². The summed E-state index contributed by atoms with van der Waals surface area (Å²) in [5.74, 6) is -0.488. The third-order valence-corrected chi connectivity index (χ3v) is 2.23. The van der Waals surface area contributed by atoms with Crippen molar-refractivity contribution in [3.63, 3.8) is 0 Å². The molecule has 1 aromatic rings.